The largest absolute Gasteiger partial charge is 0.493 e. The lowest BCUT2D eigenvalue weighted by molar-refractivity contribution is -0.142. The fourth-order valence-corrected chi connectivity index (χ4v) is 1.12. The highest BCUT2D eigenvalue weighted by molar-refractivity contribution is 5.88. The van der Waals surface area contributed by atoms with E-state index in [2.05, 4.69) is 4.74 Å². The molecule has 0 atom stereocenters. The molecule has 0 saturated carbocycles. The van der Waals surface area contributed by atoms with Crippen LogP contribution >= 0.6 is 0 Å². The lowest BCUT2D eigenvalue weighted by Gasteiger charge is -2.10. The summed E-state index contributed by atoms with van der Waals surface area (Å²) >= 11 is 0. The molecule has 0 heterocycles. The predicted molar refractivity (Wildman–Crippen MR) is 57.5 cm³/mol. The molecule has 0 aliphatic heterocycles. The average Bonchev–Trinajstić information content (AvgIpc) is 2.35. The smallest absolute Gasteiger partial charge is 0.343 e. The van der Waals surface area contributed by atoms with Gasteiger partial charge in [-0.1, -0.05) is 0 Å². The third-order valence-electron chi connectivity index (χ3n) is 1.98. The van der Waals surface area contributed by atoms with Gasteiger partial charge in [-0.15, -0.1) is 0 Å². The molecule has 17 heavy (non-hydrogen) atoms. The van der Waals surface area contributed by atoms with Crippen molar-refractivity contribution in [2.75, 3.05) is 20.8 Å². The maximum Gasteiger partial charge on any atom is 0.343 e. The lowest BCUT2D eigenvalue weighted by atomic mass is 10.2. The Kier molecular flexibility index (Phi) is 4.33. The van der Waals surface area contributed by atoms with Crippen molar-refractivity contribution in [2.24, 2.45) is 0 Å². The summed E-state index contributed by atoms with van der Waals surface area (Å²) in [6, 6.07) is 4.09. The number of esters is 1. The van der Waals surface area contributed by atoms with Gasteiger partial charge in [-0.2, -0.15) is 0 Å². The second-order valence-electron chi connectivity index (χ2n) is 3.04. The minimum Gasteiger partial charge on any atom is -0.493 e. The van der Waals surface area contributed by atoms with Crippen LogP contribution in [0, 0.1) is 0 Å². The maximum atomic E-state index is 10.9. The number of carbonyl (C=O) groups excluding carboxylic acids is 1. The molecule has 92 valence electrons. The van der Waals surface area contributed by atoms with Gasteiger partial charge in [0.05, 0.1) is 19.8 Å². The third kappa shape index (κ3) is 3.37. The second-order valence-corrected chi connectivity index (χ2v) is 3.04. The molecule has 1 rings (SSSR count). The van der Waals surface area contributed by atoms with Crippen molar-refractivity contribution in [3.05, 3.63) is 23.8 Å². The lowest BCUT2D eigenvalue weighted by Crippen LogP contribution is -2.13. The summed E-state index contributed by atoms with van der Waals surface area (Å²) in [4.78, 5) is 21.6. The minimum atomic E-state index is -1.07. The highest BCUT2D eigenvalue weighted by Crippen LogP contribution is 2.27. The molecular formula is C11H12O6. The summed E-state index contributed by atoms with van der Waals surface area (Å²) in [7, 11) is 2.63. The first-order chi connectivity index (χ1) is 8.08. The summed E-state index contributed by atoms with van der Waals surface area (Å²) in [5.74, 6) is -1.08. The maximum absolute atomic E-state index is 10.9. The van der Waals surface area contributed by atoms with E-state index in [1.165, 1.54) is 32.4 Å². The van der Waals surface area contributed by atoms with Crippen LogP contribution in [0.4, 0.5) is 0 Å². The van der Waals surface area contributed by atoms with E-state index in [-0.39, 0.29) is 23.7 Å². The number of methoxy groups -OCH3 is 2. The number of aromatic carboxylic acids is 1. The van der Waals surface area contributed by atoms with Crippen LogP contribution in [0.1, 0.15) is 10.4 Å². The van der Waals surface area contributed by atoms with Crippen LogP contribution in [-0.2, 0) is 9.53 Å². The number of hydrogen-bond acceptors (Lipinski definition) is 5. The van der Waals surface area contributed by atoms with Crippen LogP contribution in [0.2, 0.25) is 0 Å². The molecule has 0 saturated heterocycles. The van der Waals surface area contributed by atoms with Crippen LogP contribution in [0.15, 0.2) is 18.2 Å². The Labute approximate surface area is 97.7 Å². The van der Waals surface area contributed by atoms with E-state index in [9.17, 15) is 9.59 Å². The predicted octanol–water partition coefficient (Wildman–Crippen LogP) is 0.945. The summed E-state index contributed by atoms with van der Waals surface area (Å²) < 4.78 is 14.5. The van der Waals surface area contributed by atoms with Gasteiger partial charge < -0.3 is 19.3 Å². The van der Waals surface area contributed by atoms with Crippen LogP contribution in [0.5, 0.6) is 11.5 Å². The van der Waals surface area contributed by atoms with Crippen LogP contribution in [0.3, 0.4) is 0 Å². The number of hydrogen-bond donors (Lipinski definition) is 1. The minimum absolute atomic E-state index is 0.0762. The molecular weight excluding hydrogens is 228 g/mol. The second kappa shape index (κ2) is 5.74. The van der Waals surface area contributed by atoms with Gasteiger partial charge in [0.1, 0.15) is 0 Å². The van der Waals surface area contributed by atoms with Gasteiger partial charge in [-0.05, 0) is 18.2 Å². The topological polar surface area (TPSA) is 82.1 Å². The first kappa shape index (κ1) is 12.8. The van der Waals surface area contributed by atoms with Crippen molar-refractivity contribution in [3.8, 4) is 11.5 Å². The van der Waals surface area contributed by atoms with Gasteiger partial charge >= 0.3 is 11.9 Å². The number of rotatable bonds is 5. The highest BCUT2D eigenvalue weighted by Gasteiger charge is 2.11. The molecule has 1 aromatic rings. The first-order valence-electron chi connectivity index (χ1n) is 4.69. The molecule has 1 N–H and O–H groups in total. The third-order valence-corrected chi connectivity index (χ3v) is 1.98. The molecule has 0 unspecified atom stereocenters. The Morgan fingerprint density at radius 3 is 2.47 bits per heavy atom. The van der Waals surface area contributed by atoms with E-state index in [0.29, 0.717) is 0 Å². The summed E-state index contributed by atoms with van der Waals surface area (Å²) in [5.41, 5.74) is 0.0762. The number of carboxylic acid groups (broad SMARTS) is 1. The van der Waals surface area contributed by atoms with Crippen LogP contribution < -0.4 is 9.47 Å². The van der Waals surface area contributed by atoms with Gasteiger partial charge in [0.2, 0.25) is 0 Å². The molecule has 0 aromatic heterocycles. The van der Waals surface area contributed by atoms with Gasteiger partial charge in [-0.3, -0.25) is 0 Å². The van der Waals surface area contributed by atoms with E-state index in [4.69, 9.17) is 14.6 Å². The van der Waals surface area contributed by atoms with Crippen molar-refractivity contribution < 1.29 is 28.9 Å². The van der Waals surface area contributed by atoms with Crippen LogP contribution in [0.25, 0.3) is 0 Å². The molecule has 0 amide bonds. The molecule has 0 aliphatic rings. The standard InChI is InChI=1S/C11H12O6/c1-15-9-5-7(11(13)14)3-4-8(9)17-6-10(12)16-2/h3-5H,6H2,1-2H3,(H,13,14). The molecule has 0 aliphatic carbocycles. The van der Waals surface area contributed by atoms with Crippen molar-refractivity contribution in [3.63, 3.8) is 0 Å². The molecule has 6 heteroatoms. The Morgan fingerprint density at radius 1 is 1.24 bits per heavy atom. The Morgan fingerprint density at radius 2 is 1.94 bits per heavy atom. The Balaban J connectivity index is 2.85. The van der Waals surface area contributed by atoms with Crippen molar-refractivity contribution >= 4 is 11.9 Å². The molecule has 0 fully saturated rings. The SMILES string of the molecule is COC(=O)COc1ccc(C(=O)O)cc1OC. The van der Waals surface area contributed by atoms with Gasteiger partial charge in [0.25, 0.3) is 0 Å². The van der Waals surface area contributed by atoms with Crippen LogP contribution in [-0.4, -0.2) is 37.9 Å². The van der Waals surface area contributed by atoms with E-state index in [1.807, 2.05) is 0 Å². The average molecular weight is 240 g/mol. The molecule has 6 nitrogen and oxygen atoms in total. The zero-order chi connectivity index (χ0) is 12.8. The van der Waals surface area contributed by atoms with Gasteiger partial charge in [-0.25, -0.2) is 9.59 Å². The fraction of sp³-hybridized carbons (Fsp3) is 0.273. The fourth-order valence-electron chi connectivity index (χ4n) is 1.12. The number of carbonyl (C=O) groups is 2. The monoisotopic (exact) mass is 240 g/mol. The quantitative estimate of drug-likeness (QED) is 0.771. The van der Waals surface area contributed by atoms with Crippen molar-refractivity contribution in [1.29, 1.82) is 0 Å². The van der Waals surface area contributed by atoms with E-state index < -0.39 is 11.9 Å². The zero-order valence-electron chi connectivity index (χ0n) is 9.43. The first-order valence-corrected chi connectivity index (χ1v) is 4.69. The molecule has 0 bridgehead atoms. The van der Waals surface area contributed by atoms with E-state index in [0.717, 1.165) is 0 Å². The number of carboxylic acids is 1. The Hall–Kier alpha value is -2.24. The zero-order valence-corrected chi connectivity index (χ0v) is 9.43. The number of benzene rings is 1. The Bertz CT molecular complexity index is 426. The summed E-state index contributed by atoms with van der Waals surface area (Å²) in [6.07, 6.45) is 0. The van der Waals surface area contributed by atoms with Crippen molar-refractivity contribution in [1.82, 2.24) is 0 Å². The highest BCUT2D eigenvalue weighted by atomic mass is 16.6. The summed E-state index contributed by atoms with van der Waals surface area (Å²) in [5, 5.41) is 8.78. The van der Waals surface area contributed by atoms with E-state index in [1.54, 1.807) is 0 Å². The molecule has 0 radical (unpaired) electrons. The normalized spacial score (nSPS) is 9.53. The van der Waals surface area contributed by atoms with Crippen molar-refractivity contribution in [2.45, 2.75) is 0 Å². The summed E-state index contributed by atoms with van der Waals surface area (Å²) in [6.45, 7) is -0.265. The van der Waals surface area contributed by atoms with Gasteiger partial charge in [0.15, 0.2) is 18.1 Å². The van der Waals surface area contributed by atoms with E-state index >= 15 is 0 Å². The number of ether oxygens (including phenoxy) is 3. The van der Waals surface area contributed by atoms with Gasteiger partial charge in [0, 0.05) is 0 Å². The molecule has 1 aromatic carbocycles. The molecule has 0 spiro atoms.